The number of halogens is 1. The summed E-state index contributed by atoms with van der Waals surface area (Å²) in [4.78, 5) is 12.5. The van der Waals surface area contributed by atoms with E-state index < -0.39 is 10.0 Å². The third-order valence-electron chi connectivity index (χ3n) is 4.98. The van der Waals surface area contributed by atoms with Crippen LogP contribution in [-0.4, -0.2) is 38.8 Å². The summed E-state index contributed by atoms with van der Waals surface area (Å²) < 4.78 is 46.3. The van der Waals surface area contributed by atoms with Crippen molar-refractivity contribution in [3.63, 3.8) is 0 Å². The monoisotopic (exact) mass is 420 g/mol. The smallest absolute Gasteiger partial charge is 0.243 e. The molecule has 0 spiro atoms. The second-order valence-corrected chi connectivity index (χ2v) is 8.90. The lowest BCUT2D eigenvalue weighted by Gasteiger charge is -2.26. The Morgan fingerprint density at radius 1 is 1.14 bits per heavy atom. The first-order valence-corrected chi connectivity index (χ1v) is 11.1. The van der Waals surface area contributed by atoms with Gasteiger partial charge in [-0.1, -0.05) is 24.6 Å². The summed E-state index contributed by atoms with van der Waals surface area (Å²) in [5.41, 5.74) is 0.736. The number of aryl methyl sites for hydroxylation is 1. The predicted octanol–water partition coefficient (Wildman–Crippen LogP) is 3.58. The molecule has 0 radical (unpaired) electrons. The highest BCUT2D eigenvalue weighted by atomic mass is 32.2. The van der Waals surface area contributed by atoms with Gasteiger partial charge in [-0.25, -0.2) is 12.8 Å². The standard InChI is InChI=1S/C21H25FN2O4S/c1-28-20-11-10-17(29(26,27)24-13-5-2-6-14-24)15-19(20)23-21(25)12-9-16-7-3-4-8-18(16)22/h3-4,7-8,10-11,15H,2,5-6,9,12-14H2,1H3,(H,23,25). The summed E-state index contributed by atoms with van der Waals surface area (Å²) >= 11 is 0. The number of hydrogen-bond acceptors (Lipinski definition) is 4. The quantitative estimate of drug-likeness (QED) is 0.743. The number of nitrogens with zero attached hydrogens (tertiary/aromatic N) is 1. The van der Waals surface area contributed by atoms with Crippen molar-refractivity contribution in [3.8, 4) is 5.75 Å². The van der Waals surface area contributed by atoms with E-state index in [1.54, 1.807) is 18.2 Å². The Labute approximate surface area is 170 Å². The number of rotatable bonds is 7. The summed E-state index contributed by atoms with van der Waals surface area (Å²) in [6.45, 7) is 0.997. The third-order valence-corrected chi connectivity index (χ3v) is 6.87. The van der Waals surface area contributed by atoms with Gasteiger partial charge in [-0.3, -0.25) is 4.79 Å². The van der Waals surface area contributed by atoms with E-state index in [9.17, 15) is 17.6 Å². The van der Waals surface area contributed by atoms with Gasteiger partial charge in [-0.05, 0) is 49.1 Å². The van der Waals surface area contributed by atoms with Crippen molar-refractivity contribution in [1.82, 2.24) is 4.31 Å². The molecule has 0 aromatic heterocycles. The number of hydrogen-bond donors (Lipinski definition) is 1. The van der Waals surface area contributed by atoms with Crippen LogP contribution in [0.4, 0.5) is 10.1 Å². The normalized spacial score (nSPS) is 15.1. The topological polar surface area (TPSA) is 75.7 Å². The van der Waals surface area contributed by atoms with Crippen LogP contribution in [-0.2, 0) is 21.2 Å². The van der Waals surface area contributed by atoms with Gasteiger partial charge in [0.1, 0.15) is 11.6 Å². The van der Waals surface area contributed by atoms with Gasteiger partial charge in [0.15, 0.2) is 0 Å². The lowest BCUT2D eigenvalue weighted by Crippen LogP contribution is -2.35. The van der Waals surface area contributed by atoms with Crippen LogP contribution in [0.25, 0.3) is 0 Å². The Balaban J connectivity index is 1.75. The maximum atomic E-state index is 13.7. The van der Waals surface area contributed by atoms with E-state index in [-0.39, 0.29) is 35.1 Å². The molecule has 1 N–H and O–H groups in total. The highest BCUT2D eigenvalue weighted by Gasteiger charge is 2.27. The van der Waals surface area contributed by atoms with Gasteiger partial charge in [0.05, 0.1) is 17.7 Å². The number of amides is 1. The van der Waals surface area contributed by atoms with E-state index in [2.05, 4.69) is 5.32 Å². The zero-order valence-corrected chi connectivity index (χ0v) is 17.2. The SMILES string of the molecule is COc1ccc(S(=O)(=O)N2CCCCC2)cc1NC(=O)CCc1ccccc1F. The molecule has 0 saturated carbocycles. The van der Waals surface area contributed by atoms with Crippen LogP contribution in [0.2, 0.25) is 0 Å². The molecule has 1 aliphatic rings. The van der Waals surface area contributed by atoms with Crippen LogP contribution in [0.3, 0.4) is 0 Å². The Morgan fingerprint density at radius 2 is 1.86 bits per heavy atom. The fourth-order valence-corrected chi connectivity index (χ4v) is 4.91. The third kappa shape index (κ3) is 5.13. The molecule has 2 aromatic carbocycles. The number of carbonyl (C=O) groups is 1. The molecule has 29 heavy (non-hydrogen) atoms. The molecule has 1 amide bonds. The molecule has 1 aliphatic heterocycles. The first-order chi connectivity index (χ1) is 13.9. The summed E-state index contributed by atoms with van der Waals surface area (Å²) in [5.74, 6) is -0.339. The highest BCUT2D eigenvalue weighted by molar-refractivity contribution is 7.89. The van der Waals surface area contributed by atoms with Crippen LogP contribution >= 0.6 is 0 Å². The van der Waals surface area contributed by atoms with E-state index in [0.29, 0.717) is 24.4 Å². The zero-order chi connectivity index (χ0) is 20.9. The Bertz CT molecular complexity index is 972. The molecule has 0 bridgehead atoms. The molecule has 0 atom stereocenters. The molecule has 1 fully saturated rings. The Kier molecular flexibility index (Phi) is 6.87. The van der Waals surface area contributed by atoms with Gasteiger partial charge in [-0.2, -0.15) is 4.31 Å². The van der Waals surface area contributed by atoms with E-state index in [1.807, 2.05) is 0 Å². The van der Waals surface area contributed by atoms with Gasteiger partial charge in [0, 0.05) is 19.5 Å². The lowest BCUT2D eigenvalue weighted by molar-refractivity contribution is -0.116. The van der Waals surface area contributed by atoms with E-state index >= 15 is 0 Å². The molecule has 156 valence electrons. The summed E-state index contributed by atoms with van der Waals surface area (Å²) in [6.07, 6.45) is 3.02. The molecule has 8 heteroatoms. The van der Waals surface area contributed by atoms with Gasteiger partial charge in [0.25, 0.3) is 0 Å². The molecule has 6 nitrogen and oxygen atoms in total. The number of nitrogens with one attached hydrogen (secondary N) is 1. The van der Waals surface area contributed by atoms with E-state index in [0.717, 1.165) is 19.3 Å². The van der Waals surface area contributed by atoms with Crippen molar-refractivity contribution in [1.29, 1.82) is 0 Å². The van der Waals surface area contributed by atoms with Crippen molar-refractivity contribution >= 4 is 21.6 Å². The van der Waals surface area contributed by atoms with Crippen molar-refractivity contribution in [2.45, 2.75) is 37.0 Å². The van der Waals surface area contributed by atoms with Crippen molar-refractivity contribution in [3.05, 3.63) is 53.8 Å². The molecule has 2 aromatic rings. The van der Waals surface area contributed by atoms with Crippen LogP contribution in [0, 0.1) is 5.82 Å². The maximum absolute atomic E-state index is 13.7. The summed E-state index contributed by atoms with van der Waals surface area (Å²) in [7, 11) is -2.18. The number of sulfonamides is 1. The van der Waals surface area contributed by atoms with Crippen molar-refractivity contribution in [2.75, 3.05) is 25.5 Å². The summed E-state index contributed by atoms with van der Waals surface area (Å²) in [5, 5.41) is 2.70. The largest absolute Gasteiger partial charge is 0.495 e. The number of piperidine rings is 1. The van der Waals surface area contributed by atoms with Crippen LogP contribution in [0.5, 0.6) is 5.75 Å². The highest BCUT2D eigenvalue weighted by Crippen LogP contribution is 2.30. The predicted molar refractivity (Wildman–Crippen MR) is 109 cm³/mol. The van der Waals surface area contributed by atoms with Crippen LogP contribution in [0.15, 0.2) is 47.4 Å². The number of anilines is 1. The van der Waals surface area contributed by atoms with E-state index in [4.69, 9.17) is 4.74 Å². The Morgan fingerprint density at radius 3 is 2.55 bits per heavy atom. The number of methoxy groups -OCH3 is 1. The van der Waals surface area contributed by atoms with Gasteiger partial charge in [0.2, 0.25) is 15.9 Å². The molecule has 0 unspecified atom stereocenters. The molecular formula is C21H25FN2O4S. The first kappa shape index (κ1) is 21.3. The molecule has 0 aliphatic carbocycles. The molecular weight excluding hydrogens is 395 g/mol. The zero-order valence-electron chi connectivity index (χ0n) is 16.4. The maximum Gasteiger partial charge on any atom is 0.243 e. The summed E-state index contributed by atoms with van der Waals surface area (Å²) in [6, 6.07) is 10.7. The minimum Gasteiger partial charge on any atom is -0.495 e. The molecule has 3 rings (SSSR count). The fourth-order valence-electron chi connectivity index (χ4n) is 3.36. The number of ether oxygens (including phenoxy) is 1. The van der Waals surface area contributed by atoms with Crippen LogP contribution in [0.1, 0.15) is 31.2 Å². The van der Waals surface area contributed by atoms with Gasteiger partial charge in [-0.15, -0.1) is 0 Å². The Hall–Kier alpha value is -2.45. The number of carbonyl (C=O) groups excluding carboxylic acids is 1. The van der Waals surface area contributed by atoms with Crippen molar-refractivity contribution in [2.24, 2.45) is 0 Å². The second kappa shape index (κ2) is 9.37. The molecule has 1 heterocycles. The average Bonchev–Trinajstić information content (AvgIpc) is 2.73. The number of benzene rings is 2. The van der Waals surface area contributed by atoms with Crippen LogP contribution < -0.4 is 10.1 Å². The van der Waals surface area contributed by atoms with E-state index in [1.165, 1.54) is 35.7 Å². The minimum atomic E-state index is -3.63. The lowest BCUT2D eigenvalue weighted by atomic mass is 10.1. The van der Waals surface area contributed by atoms with Gasteiger partial charge < -0.3 is 10.1 Å². The van der Waals surface area contributed by atoms with Crippen molar-refractivity contribution < 1.29 is 22.3 Å². The second-order valence-electron chi connectivity index (χ2n) is 6.97. The minimum absolute atomic E-state index is 0.0627. The first-order valence-electron chi connectivity index (χ1n) is 9.63. The average molecular weight is 421 g/mol. The van der Waals surface area contributed by atoms with Gasteiger partial charge >= 0.3 is 0 Å². The molecule has 1 saturated heterocycles. The fraction of sp³-hybridized carbons (Fsp3) is 0.381.